The second-order valence-electron chi connectivity index (χ2n) is 6.35. The topological polar surface area (TPSA) is 21.3 Å². The van der Waals surface area contributed by atoms with Crippen LogP contribution in [0.2, 0.25) is 0 Å². The van der Waals surface area contributed by atoms with Gasteiger partial charge in [0.15, 0.2) is 0 Å². The normalized spacial score (nSPS) is 25.8. The fraction of sp³-hybridized carbons (Fsp3) is 0.625. The van der Waals surface area contributed by atoms with Crippen molar-refractivity contribution in [1.29, 1.82) is 0 Å². The summed E-state index contributed by atoms with van der Waals surface area (Å²) in [5.41, 5.74) is 3.25. The molecule has 1 N–H and O–H groups in total. The Balaban J connectivity index is 1.70. The lowest BCUT2D eigenvalue weighted by molar-refractivity contribution is 0.214. The predicted molar refractivity (Wildman–Crippen MR) is 74.2 cm³/mol. The molecular formula is C16H23NO. The van der Waals surface area contributed by atoms with Gasteiger partial charge < -0.3 is 10.1 Å². The molecule has 1 aromatic carbocycles. The van der Waals surface area contributed by atoms with Gasteiger partial charge in [-0.25, -0.2) is 0 Å². The summed E-state index contributed by atoms with van der Waals surface area (Å²) in [7, 11) is 0. The number of aryl methyl sites for hydroxylation is 2. The number of nitrogens with one attached hydrogen (secondary N) is 1. The molecule has 1 aliphatic carbocycles. The summed E-state index contributed by atoms with van der Waals surface area (Å²) in [5.74, 6) is 1.06. The standard InChI is InChI=1S/C16H23NO/c1-16(2)10-15(11-17-16)18-14-8-7-12-5-3-4-6-13(12)9-14/h7-9,15,17H,3-6,10-11H2,1-2H3. The largest absolute Gasteiger partial charge is 0.489 e. The van der Waals surface area contributed by atoms with Crippen molar-refractivity contribution >= 4 is 0 Å². The lowest BCUT2D eigenvalue weighted by atomic mass is 9.92. The van der Waals surface area contributed by atoms with E-state index in [1.165, 1.54) is 36.8 Å². The Morgan fingerprint density at radius 2 is 1.94 bits per heavy atom. The molecule has 2 aliphatic rings. The summed E-state index contributed by atoms with van der Waals surface area (Å²) in [6.45, 7) is 5.44. The van der Waals surface area contributed by atoms with Crippen LogP contribution in [0.5, 0.6) is 5.75 Å². The highest BCUT2D eigenvalue weighted by molar-refractivity contribution is 5.37. The van der Waals surface area contributed by atoms with E-state index < -0.39 is 0 Å². The molecule has 18 heavy (non-hydrogen) atoms. The lowest BCUT2D eigenvalue weighted by Crippen LogP contribution is -2.31. The van der Waals surface area contributed by atoms with Crippen LogP contribution in [-0.2, 0) is 12.8 Å². The van der Waals surface area contributed by atoms with Crippen LogP contribution in [0.4, 0.5) is 0 Å². The van der Waals surface area contributed by atoms with Gasteiger partial charge in [0.2, 0.25) is 0 Å². The van der Waals surface area contributed by atoms with Gasteiger partial charge in [-0.2, -0.15) is 0 Å². The zero-order valence-electron chi connectivity index (χ0n) is 11.5. The number of hydrogen-bond donors (Lipinski definition) is 1. The molecule has 1 fully saturated rings. The first kappa shape index (κ1) is 12.0. The van der Waals surface area contributed by atoms with Crippen molar-refractivity contribution in [2.75, 3.05) is 6.54 Å². The maximum absolute atomic E-state index is 6.11. The summed E-state index contributed by atoms with van der Waals surface area (Å²) < 4.78 is 6.11. The third kappa shape index (κ3) is 2.54. The Kier molecular flexibility index (Phi) is 3.06. The van der Waals surface area contributed by atoms with Crippen molar-refractivity contribution in [3.63, 3.8) is 0 Å². The molecule has 0 amide bonds. The third-order valence-electron chi connectivity index (χ3n) is 4.17. The number of fused-ring (bicyclic) bond motifs is 1. The van der Waals surface area contributed by atoms with Crippen LogP contribution in [0.25, 0.3) is 0 Å². The van der Waals surface area contributed by atoms with Crippen LogP contribution in [0.1, 0.15) is 44.2 Å². The van der Waals surface area contributed by atoms with Crippen LogP contribution < -0.4 is 10.1 Å². The Morgan fingerprint density at radius 3 is 2.67 bits per heavy atom. The molecule has 0 saturated carbocycles. The van der Waals surface area contributed by atoms with E-state index in [4.69, 9.17) is 4.74 Å². The quantitative estimate of drug-likeness (QED) is 0.864. The molecule has 3 rings (SSSR count). The second kappa shape index (κ2) is 4.58. The number of rotatable bonds is 2. The molecule has 1 aromatic rings. The van der Waals surface area contributed by atoms with Crippen LogP contribution in [0.15, 0.2) is 18.2 Å². The molecule has 0 spiro atoms. The molecule has 1 atom stereocenters. The Hall–Kier alpha value is -1.02. The average Bonchev–Trinajstić information content (AvgIpc) is 2.68. The van der Waals surface area contributed by atoms with E-state index in [0.717, 1.165) is 18.7 Å². The van der Waals surface area contributed by atoms with E-state index in [2.05, 4.69) is 37.4 Å². The summed E-state index contributed by atoms with van der Waals surface area (Å²) in [4.78, 5) is 0. The molecule has 1 heterocycles. The average molecular weight is 245 g/mol. The van der Waals surface area contributed by atoms with E-state index in [0.29, 0.717) is 6.10 Å². The van der Waals surface area contributed by atoms with Crippen molar-refractivity contribution < 1.29 is 4.74 Å². The van der Waals surface area contributed by atoms with Gasteiger partial charge in [-0.15, -0.1) is 0 Å². The SMILES string of the molecule is CC1(C)CC(Oc2ccc3c(c2)CCCC3)CN1. The van der Waals surface area contributed by atoms with Crippen LogP contribution in [0, 0.1) is 0 Å². The van der Waals surface area contributed by atoms with Crippen molar-refractivity contribution in [2.45, 2.75) is 57.6 Å². The molecule has 2 heteroatoms. The van der Waals surface area contributed by atoms with E-state index in [-0.39, 0.29) is 5.54 Å². The second-order valence-corrected chi connectivity index (χ2v) is 6.35. The molecule has 98 valence electrons. The molecule has 0 radical (unpaired) electrons. The predicted octanol–water partition coefficient (Wildman–Crippen LogP) is 3.08. The van der Waals surface area contributed by atoms with E-state index in [9.17, 15) is 0 Å². The van der Waals surface area contributed by atoms with Crippen LogP contribution >= 0.6 is 0 Å². The summed E-state index contributed by atoms with van der Waals surface area (Å²) in [6.07, 6.45) is 6.54. The molecule has 0 aromatic heterocycles. The number of hydrogen-bond acceptors (Lipinski definition) is 2. The van der Waals surface area contributed by atoms with Gasteiger partial charge >= 0.3 is 0 Å². The molecule has 0 bridgehead atoms. The zero-order chi connectivity index (χ0) is 12.6. The van der Waals surface area contributed by atoms with Gasteiger partial charge in [-0.05, 0) is 62.8 Å². The Labute approximate surface area is 110 Å². The summed E-state index contributed by atoms with van der Waals surface area (Å²) in [5, 5.41) is 3.50. The third-order valence-corrected chi connectivity index (χ3v) is 4.17. The van der Waals surface area contributed by atoms with Crippen LogP contribution in [-0.4, -0.2) is 18.2 Å². The van der Waals surface area contributed by atoms with Crippen molar-refractivity contribution in [2.24, 2.45) is 0 Å². The molecule has 1 saturated heterocycles. The summed E-state index contributed by atoms with van der Waals surface area (Å²) >= 11 is 0. The minimum Gasteiger partial charge on any atom is -0.489 e. The van der Waals surface area contributed by atoms with Crippen LogP contribution in [0.3, 0.4) is 0 Å². The molecule has 1 unspecified atom stereocenters. The summed E-state index contributed by atoms with van der Waals surface area (Å²) in [6, 6.07) is 6.67. The highest BCUT2D eigenvalue weighted by Crippen LogP contribution is 2.28. The maximum Gasteiger partial charge on any atom is 0.120 e. The van der Waals surface area contributed by atoms with E-state index in [1.54, 1.807) is 0 Å². The lowest BCUT2D eigenvalue weighted by Gasteiger charge is -2.20. The first-order valence-electron chi connectivity index (χ1n) is 7.16. The first-order valence-corrected chi connectivity index (χ1v) is 7.16. The highest BCUT2D eigenvalue weighted by atomic mass is 16.5. The highest BCUT2D eigenvalue weighted by Gasteiger charge is 2.31. The smallest absolute Gasteiger partial charge is 0.120 e. The minimum absolute atomic E-state index is 0.221. The van der Waals surface area contributed by atoms with Gasteiger partial charge in [0, 0.05) is 18.5 Å². The van der Waals surface area contributed by atoms with Gasteiger partial charge in [-0.1, -0.05) is 6.07 Å². The van der Waals surface area contributed by atoms with Gasteiger partial charge in [0.25, 0.3) is 0 Å². The van der Waals surface area contributed by atoms with Crippen molar-refractivity contribution in [3.05, 3.63) is 29.3 Å². The monoisotopic (exact) mass is 245 g/mol. The maximum atomic E-state index is 6.11. The number of benzene rings is 1. The minimum atomic E-state index is 0.221. The van der Waals surface area contributed by atoms with Gasteiger partial charge in [0.1, 0.15) is 11.9 Å². The fourth-order valence-corrected chi connectivity index (χ4v) is 3.16. The van der Waals surface area contributed by atoms with E-state index in [1.807, 2.05) is 0 Å². The fourth-order valence-electron chi connectivity index (χ4n) is 3.16. The molecule has 2 nitrogen and oxygen atoms in total. The van der Waals surface area contributed by atoms with Gasteiger partial charge in [-0.3, -0.25) is 0 Å². The van der Waals surface area contributed by atoms with E-state index >= 15 is 0 Å². The zero-order valence-corrected chi connectivity index (χ0v) is 11.5. The Bertz CT molecular complexity index is 439. The van der Waals surface area contributed by atoms with Gasteiger partial charge in [0.05, 0.1) is 0 Å². The first-order chi connectivity index (χ1) is 8.62. The Morgan fingerprint density at radius 1 is 1.17 bits per heavy atom. The molecule has 1 aliphatic heterocycles. The molecular weight excluding hydrogens is 222 g/mol. The van der Waals surface area contributed by atoms with Crippen molar-refractivity contribution in [1.82, 2.24) is 5.32 Å². The van der Waals surface area contributed by atoms with Crippen molar-refractivity contribution in [3.8, 4) is 5.75 Å². The number of ether oxygens (including phenoxy) is 1.